The highest BCUT2D eigenvalue weighted by atomic mass is 19.4. The first-order chi connectivity index (χ1) is 15.3. The van der Waals surface area contributed by atoms with Crippen molar-refractivity contribution in [3.05, 3.63) is 59.9 Å². The number of nitrogens with zero attached hydrogens (tertiary/aromatic N) is 3. The summed E-state index contributed by atoms with van der Waals surface area (Å²) in [6, 6.07) is 11.3. The van der Waals surface area contributed by atoms with Crippen LogP contribution in [-0.4, -0.2) is 28.6 Å². The van der Waals surface area contributed by atoms with Gasteiger partial charge in [0, 0.05) is 36.3 Å². The van der Waals surface area contributed by atoms with Crippen LogP contribution in [0.3, 0.4) is 0 Å². The molecule has 6 nitrogen and oxygen atoms in total. The highest BCUT2D eigenvalue weighted by Crippen LogP contribution is 2.33. The number of fused-ring (bicyclic) bond motifs is 1. The Bertz CT molecular complexity index is 1110. The van der Waals surface area contributed by atoms with Gasteiger partial charge in [-0.2, -0.15) is 13.2 Å². The number of pyridine rings is 2. The highest BCUT2D eigenvalue weighted by Gasteiger charge is 2.34. The van der Waals surface area contributed by atoms with Crippen LogP contribution in [0.4, 0.5) is 29.6 Å². The molecule has 32 heavy (non-hydrogen) atoms. The van der Waals surface area contributed by atoms with E-state index in [1.165, 1.54) is 6.07 Å². The number of carbonyl (C=O) groups excluding carboxylic acids is 1. The molecule has 1 unspecified atom stereocenters. The van der Waals surface area contributed by atoms with Crippen LogP contribution in [0, 0.1) is 0 Å². The van der Waals surface area contributed by atoms with E-state index in [1.54, 1.807) is 6.20 Å². The van der Waals surface area contributed by atoms with Crippen LogP contribution in [0.15, 0.2) is 48.7 Å². The fourth-order valence-corrected chi connectivity index (χ4v) is 3.98. The molecule has 1 fully saturated rings. The lowest BCUT2D eigenvalue weighted by atomic mass is 10.0. The number of urea groups is 1. The summed E-state index contributed by atoms with van der Waals surface area (Å²) in [5.41, 5.74) is -0.397. The first kappa shape index (κ1) is 21.9. The quantitative estimate of drug-likeness (QED) is 0.570. The molecule has 1 aliphatic heterocycles. The number of piperidine rings is 1. The number of carbonyl (C=O) groups is 1. The van der Waals surface area contributed by atoms with Gasteiger partial charge in [0.05, 0.1) is 0 Å². The van der Waals surface area contributed by atoms with E-state index < -0.39 is 17.9 Å². The van der Waals surface area contributed by atoms with Crippen molar-refractivity contribution in [2.45, 2.75) is 44.9 Å². The van der Waals surface area contributed by atoms with Crippen LogP contribution < -0.4 is 15.5 Å². The lowest BCUT2D eigenvalue weighted by Crippen LogP contribution is -2.39. The Balaban J connectivity index is 1.53. The molecular formula is C23H24F3N5O. The number of anilines is 2. The van der Waals surface area contributed by atoms with Gasteiger partial charge >= 0.3 is 12.2 Å². The molecule has 1 aromatic carbocycles. The van der Waals surface area contributed by atoms with Crippen molar-refractivity contribution in [3.63, 3.8) is 0 Å². The molecule has 0 spiro atoms. The molecule has 0 aliphatic carbocycles. The number of halogens is 3. The molecule has 3 aromatic rings. The minimum atomic E-state index is -4.53. The van der Waals surface area contributed by atoms with Crippen LogP contribution in [0.5, 0.6) is 0 Å². The third kappa shape index (κ3) is 4.76. The highest BCUT2D eigenvalue weighted by molar-refractivity contribution is 5.99. The largest absolute Gasteiger partial charge is 0.433 e. The summed E-state index contributed by atoms with van der Waals surface area (Å²) in [6.07, 6.45) is -0.115. The van der Waals surface area contributed by atoms with E-state index in [1.807, 2.05) is 42.2 Å². The van der Waals surface area contributed by atoms with E-state index >= 15 is 0 Å². The lowest BCUT2D eigenvalue weighted by molar-refractivity contribution is -0.141. The Morgan fingerprint density at radius 3 is 2.75 bits per heavy atom. The molecule has 2 aromatic heterocycles. The van der Waals surface area contributed by atoms with Crippen LogP contribution >= 0.6 is 0 Å². The number of hydrogen-bond donors (Lipinski definition) is 2. The SMILES string of the molecule is CC1CCCCN1c1nc(C(F)(F)F)ccc1CNC(=O)Nc1nccc2ccccc12. The van der Waals surface area contributed by atoms with E-state index in [2.05, 4.69) is 20.6 Å². The van der Waals surface area contributed by atoms with Gasteiger partial charge in [0.2, 0.25) is 0 Å². The topological polar surface area (TPSA) is 70.2 Å². The molecule has 168 valence electrons. The number of amides is 2. The summed E-state index contributed by atoms with van der Waals surface area (Å²) in [5.74, 6) is 0.687. The average molecular weight is 443 g/mol. The van der Waals surface area contributed by atoms with Crippen molar-refractivity contribution in [3.8, 4) is 0 Å². The molecule has 1 aliphatic rings. The lowest BCUT2D eigenvalue weighted by Gasteiger charge is -2.36. The fraction of sp³-hybridized carbons (Fsp3) is 0.348. The van der Waals surface area contributed by atoms with Crippen LogP contribution in [0.25, 0.3) is 10.8 Å². The summed E-state index contributed by atoms with van der Waals surface area (Å²) in [7, 11) is 0. The van der Waals surface area contributed by atoms with Crippen molar-refractivity contribution in [2.75, 3.05) is 16.8 Å². The fourth-order valence-electron chi connectivity index (χ4n) is 3.98. The minimum absolute atomic E-state index is 0.0420. The molecule has 4 rings (SSSR count). The number of alkyl halides is 3. The monoisotopic (exact) mass is 443 g/mol. The van der Waals surface area contributed by atoms with Gasteiger partial charge in [-0.25, -0.2) is 14.8 Å². The molecular weight excluding hydrogens is 419 g/mol. The average Bonchev–Trinajstić information content (AvgIpc) is 2.78. The summed E-state index contributed by atoms with van der Waals surface area (Å²) in [5, 5.41) is 7.18. The second-order valence-electron chi connectivity index (χ2n) is 7.90. The number of hydrogen-bond acceptors (Lipinski definition) is 4. The van der Waals surface area contributed by atoms with Gasteiger partial charge in [-0.05, 0) is 43.7 Å². The van der Waals surface area contributed by atoms with Crippen LogP contribution in [0.2, 0.25) is 0 Å². The normalized spacial score (nSPS) is 16.8. The third-order valence-corrected chi connectivity index (χ3v) is 5.67. The predicted octanol–water partition coefficient (Wildman–Crippen LogP) is 5.35. The van der Waals surface area contributed by atoms with Gasteiger partial charge in [-0.1, -0.05) is 30.3 Å². The van der Waals surface area contributed by atoms with Gasteiger partial charge in [-0.3, -0.25) is 5.32 Å². The van der Waals surface area contributed by atoms with E-state index in [-0.39, 0.29) is 18.4 Å². The summed E-state index contributed by atoms with van der Waals surface area (Å²) in [4.78, 5) is 22.6. The van der Waals surface area contributed by atoms with Gasteiger partial charge in [0.25, 0.3) is 0 Å². The zero-order chi connectivity index (χ0) is 22.7. The van der Waals surface area contributed by atoms with Crippen LogP contribution in [-0.2, 0) is 12.7 Å². The molecule has 2 amide bonds. The molecule has 0 saturated carbocycles. The van der Waals surface area contributed by atoms with Crippen molar-refractivity contribution in [2.24, 2.45) is 0 Å². The second-order valence-corrected chi connectivity index (χ2v) is 7.90. The molecule has 1 saturated heterocycles. The zero-order valence-electron chi connectivity index (χ0n) is 17.6. The maximum atomic E-state index is 13.3. The number of aromatic nitrogens is 2. The minimum Gasteiger partial charge on any atom is -0.354 e. The van der Waals surface area contributed by atoms with E-state index in [0.29, 0.717) is 17.9 Å². The Kier molecular flexibility index (Phi) is 6.16. The van der Waals surface area contributed by atoms with Gasteiger partial charge < -0.3 is 10.2 Å². The predicted molar refractivity (Wildman–Crippen MR) is 117 cm³/mol. The molecule has 1 atom stereocenters. The van der Waals surface area contributed by atoms with E-state index in [9.17, 15) is 18.0 Å². The van der Waals surface area contributed by atoms with E-state index in [4.69, 9.17) is 0 Å². The smallest absolute Gasteiger partial charge is 0.354 e. The standard InChI is InChI=1S/C23H24F3N5O/c1-15-6-4-5-13-31(15)21-17(9-10-19(29-21)23(24,25)26)14-28-22(32)30-20-18-8-3-2-7-16(18)11-12-27-20/h2-3,7-12,15H,4-6,13-14H2,1H3,(H2,27,28,30,32). The third-order valence-electron chi connectivity index (χ3n) is 5.67. The molecule has 0 bridgehead atoms. The first-order valence-electron chi connectivity index (χ1n) is 10.6. The van der Waals surface area contributed by atoms with Crippen LogP contribution in [0.1, 0.15) is 37.4 Å². The Morgan fingerprint density at radius 2 is 1.97 bits per heavy atom. The first-order valence-corrected chi connectivity index (χ1v) is 10.6. The summed E-state index contributed by atoms with van der Waals surface area (Å²) in [6.45, 7) is 2.66. The molecule has 9 heteroatoms. The Hall–Kier alpha value is -3.36. The summed E-state index contributed by atoms with van der Waals surface area (Å²) < 4.78 is 39.8. The molecule has 3 heterocycles. The maximum absolute atomic E-state index is 13.3. The summed E-state index contributed by atoms with van der Waals surface area (Å²) >= 11 is 0. The number of benzene rings is 1. The Morgan fingerprint density at radius 1 is 1.16 bits per heavy atom. The maximum Gasteiger partial charge on any atom is 0.433 e. The number of rotatable bonds is 4. The van der Waals surface area contributed by atoms with Gasteiger partial charge in [-0.15, -0.1) is 0 Å². The Labute approximate surface area is 183 Å². The van der Waals surface area contributed by atoms with Crippen molar-refractivity contribution >= 4 is 28.4 Å². The van der Waals surface area contributed by atoms with Crippen molar-refractivity contribution < 1.29 is 18.0 Å². The van der Waals surface area contributed by atoms with Gasteiger partial charge in [0.1, 0.15) is 17.3 Å². The van der Waals surface area contributed by atoms with Gasteiger partial charge in [0.15, 0.2) is 0 Å². The van der Waals surface area contributed by atoms with Crippen molar-refractivity contribution in [1.82, 2.24) is 15.3 Å². The molecule has 2 N–H and O–H groups in total. The zero-order valence-corrected chi connectivity index (χ0v) is 17.6. The molecule has 0 radical (unpaired) electrons. The van der Waals surface area contributed by atoms with E-state index in [0.717, 1.165) is 36.1 Å². The number of nitrogens with one attached hydrogen (secondary N) is 2. The van der Waals surface area contributed by atoms with Crippen molar-refractivity contribution in [1.29, 1.82) is 0 Å². The second kappa shape index (κ2) is 9.02.